The van der Waals surface area contributed by atoms with Crippen molar-refractivity contribution in [1.82, 2.24) is 10.0 Å². The van der Waals surface area contributed by atoms with Gasteiger partial charge < -0.3 is 20.5 Å². The molecule has 1 aliphatic rings. The van der Waals surface area contributed by atoms with E-state index in [9.17, 15) is 23.6 Å². The van der Waals surface area contributed by atoms with E-state index in [4.69, 9.17) is 17.0 Å². The summed E-state index contributed by atoms with van der Waals surface area (Å²) in [5, 5.41) is 26.5. The minimum atomic E-state index is -3.73. The predicted molar refractivity (Wildman–Crippen MR) is 151 cm³/mol. The highest BCUT2D eigenvalue weighted by molar-refractivity contribution is 7.91. The topological polar surface area (TPSA) is 143 Å². The van der Waals surface area contributed by atoms with Crippen LogP contribution in [-0.2, 0) is 10.0 Å². The van der Waals surface area contributed by atoms with Crippen LogP contribution in [0.5, 0.6) is 5.75 Å². The number of thiophene rings is 1. The number of sulfonamides is 1. The van der Waals surface area contributed by atoms with Crippen LogP contribution in [-0.4, -0.2) is 48.9 Å². The average Bonchev–Trinajstić information content (AvgIpc) is 3.40. The second kappa shape index (κ2) is 12.6. The fourth-order valence-electron chi connectivity index (χ4n) is 4.00. The van der Waals surface area contributed by atoms with E-state index in [0.717, 1.165) is 34.6 Å². The number of ether oxygens (including phenoxy) is 1. The molecule has 4 rings (SSSR count). The Morgan fingerprint density at radius 1 is 1.05 bits per heavy atom. The Balaban J connectivity index is 1.29. The quantitative estimate of drug-likeness (QED) is 0.120. The van der Waals surface area contributed by atoms with E-state index in [-0.39, 0.29) is 40.3 Å². The predicted octanol–water partition coefficient (Wildman–Crippen LogP) is 4.27. The van der Waals surface area contributed by atoms with Gasteiger partial charge in [-0.05, 0) is 74.3 Å². The summed E-state index contributed by atoms with van der Waals surface area (Å²) in [5.74, 6) is 0.700. The van der Waals surface area contributed by atoms with Gasteiger partial charge >= 0.3 is 0 Å². The van der Waals surface area contributed by atoms with Crippen molar-refractivity contribution in [2.45, 2.75) is 42.1 Å². The van der Waals surface area contributed by atoms with Gasteiger partial charge in [-0.2, -0.15) is 0 Å². The summed E-state index contributed by atoms with van der Waals surface area (Å²) >= 11 is 6.36. The molecule has 2 aromatic carbocycles. The first kappa shape index (κ1) is 27.9. The van der Waals surface area contributed by atoms with Crippen LogP contribution in [0, 0.1) is 10.1 Å². The summed E-state index contributed by atoms with van der Waals surface area (Å²) in [6.07, 6.45) is 2.76. The Morgan fingerprint density at radius 2 is 1.76 bits per heavy atom. The SMILES string of the molecule is O=[N+]([O-])c1ccc(NC(=S)NCCNS(=O)(=O)c2ccc(-c3ccccc3O[C@H]3CC[C@@H](O)CC3)s2)cc1. The minimum Gasteiger partial charge on any atom is -0.490 e. The number of benzene rings is 2. The maximum absolute atomic E-state index is 12.8. The van der Waals surface area contributed by atoms with Crippen molar-refractivity contribution < 1.29 is 23.2 Å². The number of thiocarbonyl (C=S) groups is 1. The number of aliphatic hydroxyl groups excluding tert-OH is 1. The monoisotopic (exact) mass is 576 g/mol. The molecule has 0 bridgehead atoms. The number of non-ortho nitro benzene ring substituents is 1. The molecule has 0 unspecified atom stereocenters. The van der Waals surface area contributed by atoms with Crippen LogP contribution >= 0.6 is 23.6 Å². The van der Waals surface area contributed by atoms with Crippen LogP contribution in [0.3, 0.4) is 0 Å². The molecule has 1 heterocycles. The van der Waals surface area contributed by atoms with Gasteiger partial charge in [0.1, 0.15) is 9.96 Å². The van der Waals surface area contributed by atoms with E-state index in [1.54, 1.807) is 12.1 Å². The molecular weight excluding hydrogens is 548 g/mol. The van der Waals surface area contributed by atoms with E-state index in [1.165, 1.54) is 24.3 Å². The van der Waals surface area contributed by atoms with Gasteiger partial charge in [-0.15, -0.1) is 11.3 Å². The maximum atomic E-state index is 12.8. The molecule has 1 aromatic heterocycles. The number of hydrogen-bond acceptors (Lipinski definition) is 8. The Bertz CT molecular complexity index is 1370. The number of hydrogen-bond donors (Lipinski definition) is 4. The Hall–Kier alpha value is -3.10. The molecule has 10 nitrogen and oxygen atoms in total. The third-order valence-electron chi connectivity index (χ3n) is 5.97. The van der Waals surface area contributed by atoms with Crippen LogP contribution in [0.2, 0.25) is 0 Å². The standard InChI is InChI=1S/C25H28N4O6S3/c30-19-9-11-20(12-10-19)35-22-4-2-1-3-21(22)23-13-14-24(37-23)38(33,34)27-16-15-26-25(36)28-17-5-7-18(8-6-17)29(31)32/h1-8,13-14,19-20,27,30H,9-12,15-16H2,(H2,26,28,36)/t19-,20+. The van der Waals surface area contributed by atoms with Crippen molar-refractivity contribution in [2.75, 3.05) is 18.4 Å². The number of nitrogens with zero attached hydrogens (tertiary/aromatic N) is 1. The van der Waals surface area contributed by atoms with Crippen LogP contribution in [0.25, 0.3) is 10.4 Å². The number of nitrogens with one attached hydrogen (secondary N) is 3. The lowest BCUT2D eigenvalue weighted by molar-refractivity contribution is -0.384. The van der Waals surface area contributed by atoms with Gasteiger partial charge in [-0.3, -0.25) is 10.1 Å². The average molecular weight is 577 g/mol. The molecule has 1 fully saturated rings. The van der Waals surface area contributed by atoms with Crippen molar-refractivity contribution in [1.29, 1.82) is 0 Å². The van der Waals surface area contributed by atoms with Crippen LogP contribution in [0.1, 0.15) is 25.7 Å². The molecule has 202 valence electrons. The lowest BCUT2D eigenvalue weighted by Crippen LogP contribution is -2.36. The zero-order valence-corrected chi connectivity index (χ0v) is 22.8. The van der Waals surface area contributed by atoms with E-state index in [1.807, 2.05) is 24.3 Å². The molecular formula is C25H28N4O6S3. The van der Waals surface area contributed by atoms with Gasteiger partial charge in [0, 0.05) is 41.4 Å². The molecule has 4 N–H and O–H groups in total. The molecule has 0 aliphatic heterocycles. The number of nitro benzene ring substituents is 1. The number of para-hydroxylation sites is 1. The zero-order chi connectivity index (χ0) is 27.1. The molecule has 13 heteroatoms. The molecule has 0 atom stereocenters. The minimum absolute atomic E-state index is 0.0258. The van der Waals surface area contributed by atoms with E-state index < -0.39 is 14.9 Å². The van der Waals surface area contributed by atoms with Crippen LogP contribution < -0.4 is 20.1 Å². The van der Waals surface area contributed by atoms with Crippen molar-refractivity contribution in [2.24, 2.45) is 0 Å². The van der Waals surface area contributed by atoms with Gasteiger partial charge in [-0.1, -0.05) is 12.1 Å². The molecule has 0 radical (unpaired) electrons. The van der Waals surface area contributed by atoms with Gasteiger partial charge in [0.15, 0.2) is 5.11 Å². The Labute approximate surface area is 230 Å². The van der Waals surface area contributed by atoms with Crippen LogP contribution in [0.15, 0.2) is 64.9 Å². The van der Waals surface area contributed by atoms with Crippen molar-refractivity contribution in [3.8, 4) is 16.2 Å². The van der Waals surface area contributed by atoms with Gasteiger partial charge in [0.2, 0.25) is 10.0 Å². The van der Waals surface area contributed by atoms with E-state index in [0.29, 0.717) is 24.3 Å². The second-order valence-corrected chi connectivity index (χ2v) is 12.2. The number of aliphatic hydroxyl groups is 1. The Morgan fingerprint density at radius 3 is 2.47 bits per heavy atom. The first-order valence-corrected chi connectivity index (χ1v) is 14.7. The summed E-state index contributed by atoms with van der Waals surface area (Å²) in [4.78, 5) is 11.0. The lowest BCUT2D eigenvalue weighted by Gasteiger charge is -2.27. The number of rotatable bonds is 10. The summed E-state index contributed by atoms with van der Waals surface area (Å²) < 4.78 is 34.7. The van der Waals surface area contributed by atoms with Gasteiger partial charge in [0.25, 0.3) is 5.69 Å². The summed E-state index contributed by atoms with van der Waals surface area (Å²) in [7, 11) is -3.73. The first-order chi connectivity index (χ1) is 18.2. The third-order valence-corrected chi connectivity index (χ3v) is 9.29. The molecule has 3 aromatic rings. The largest absolute Gasteiger partial charge is 0.490 e. The fraction of sp³-hybridized carbons (Fsp3) is 0.320. The van der Waals surface area contributed by atoms with Crippen LogP contribution in [0.4, 0.5) is 11.4 Å². The normalized spacial score (nSPS) is 17.5. The maximum Gasteiger partial charge on any atom is 0.269 e. The highest BCUT2D eigenvalue weighted by Crippen LogP contribution is 2.37. The highest BCUT2D eigenvalue weighted by atomic mass is 32.2. The van der Waals surface area contributed by atoms with Crippen molar-refractivity contribution >= 4 is 50.1 Å². The molecule has 38 heavy (non-hydrogen) atoms. The Kier molecular flexibility index (Phi) is 9.28. The lowest BCUT2D eigenvalue weighted by atomic mass is 9.95. The first-order valence-electron chi connectivity index (χ1n) is 12.0. The van der Waals surface area contributed by atoms with Gasteiger partial charge in [0.05, 0.1) is 17.1 Å². The number of anilines is 1. The highest BCUT2D eigenvalue weighted by Gasteiger charge is 2.23. The van der Waals surface area contributed by atoms with E-state index in [2.05, 4.69) is 15.4 Å². The van der Waals surface area contributed by atoms with Crippen molar-refractivity contribution in [3.63, 3.8) is 0 Å². The molecule has 0 saturated heterocycles. The summed E-state index contributed by atoms with van der Waals surface area (Å²) in [6.45, 7) is 0.341. The molecule has 1 aliphatic carbocycles. The van der Waals surface area contributed by atoms with Gasteiger partial charge in [-0.25, -0.2) is 13.1 Å². The smallest absolute Gasteiger partial charge is 0.269 e. The van der Waals surface area contributed by atoms with E-state index >= 15 is 0 Å². The number of nitro groups is 1. The summed E-state index contributed by atoms with van der Waals surface area (Å²) in [5.41, 5.74) is 1.38. The summed E-state index contributed by atoms with van der Waals surface area (Å²) in [6, 6.07) is 16.7. The molecule has 1 saturated carbocycles. The molecule has 0 spiro atoms. The zero-order valence-electron chi connectivity index (χ0n) is 20.3. The third kappa shape index (κ3) is 7.48. The fourth-order valence-corrected chi connectivity index (χ4v) is 6.63. The second-order valence-electron chi connectivity index (χ2n) is 8.75. The molecule has 0 amide bonds. The van der Waals surface area contributed by atoms with Crippen molar-refractivity contribution in [3.05, 3.63) is 70.8 Å².